The molecule has 6 heteroatoms. The van der Waals surface area contributed by atoms with Crippen molar-refractivity contribution < 1.29 is 23.5 Å². The molecular formula is C41H58O5Si. The Bertz CT molecular complexity index is 1300. The maximum absolute atomic E-state index is 13.2. The average Bonchev–Trinajstić information content (AvgIpc) is 3.06. The topological polar surface area (TPSA) is 61.8 Å². The Morgan fingerprint density at radius 3 is 1.85 bits per heavy atom. The lowest BCUT2D eigenvalue weighted by molar-refractivity contribution is -0.168. The first-order valence-corrected chi connectivity index (χ1v) is 18.7. The van der Waals surface area contributed by atoms with Crippen molar-refractivity contribution in [1.82, 2.24) is 0 Å². The van der Waals surface area contributed by atoms with Gasteiger partial charge in [0.25, 0.3) is 8.32 Å². The Morgan fingerprint density at radius 1 is 0.872 bits per heavy atom. The van der Waals surface area contributed by atoms with E-state index in [0.29, 0.717) is 12.5 Å². The number of benzene rings is 2. The van der Waals surface area contributed by atoms with Gasteiger partial charge in [-0.15, -0.1) is 6.58 Å². The van der Waals surface area contributed by atoms with E-state index in [0.717, 1.165) is 36.8 Å². The van der Waals surface area contributed by atoms with E-state index < -0.39 is 25.7 Å². The van der Waals surface area contributed by atoms with Crippen LogP contribution in [0.3, 0.4) is 0 Å². The van der Waals surface area contributed by atoms with Gasteiger partial charge in [0, 0.05) is 6.61 Å². The van der Waals surface area contributed by atoms with Crippen LogP contribution in [-0.4, -0.2) is 41.1 Å². The number of ether oxygens (including phenoxy) is 2. The minimum Gasteiger partial charge on any atom is -0.468 e. The molecule has 0 saturated heterocycles. The van der Waals surface area contributed by atoms with E-state index in [2.05, 4.69) is 108 Å². The second-order valence-corrected chi connectivity index (χ2v) is 18.1. The van der Waals surface area contributed by atoms with Crippen LogP contribution in [-0.2, 0) is 23.5 Å². The standard InChI is InChI=1S/C41H58O5Si/c1-11-13-22-33(4)37(34(5)28-29-41(38(42)44-9,39(43)45-10)31-32(3)21-12-2)27-20-30-46-47(40(6,7)8,35-23-16-14-17-24-35)36-25-18-15-19-26-36/h11-12,14-19,21,23-26,28,33,37H,1-2,13,20,22,27,29-31H2,3-10H3/b32-21-,34-28-/t33-,37+/m1/s1. The fourth-order valence-electron chi connectivity index (χ4n) is 6.91. The third kappa shape index (κ3) is 10.0. The van der Waals surface area contributed by atoms with Crippen molar-refractivity contribution in [1.29, 1.82) is 0 Å². The first kappa shape index (κ1) is 39.7. The van der Waals surface area contributed by atoms with Gasteiger partial charge in [-0.2, -0.15) is 0 Å². The molecule has 47 heavy (non-hydrogen) atoms. The van der Waals surface area contributed by atoms with E-state index in [4.69, 9.17) is 13.9 Å². The Labute approximate surface area is 285 Å². The summed E-state index contributed by atoms with van der Waals surface area (Å²) in [5.74, 6) is -0.596. The Morgan fingerprint density at radius 2 is 1.40 bits per heavy atom. The molecule has 0 heterocycles. The van der Waals surface area contributed by atoms with Crippen LogP contribution < -0.4 is 10.4 Å². The van der Waals surface area contributed by atoms with Crippen LogP contribution >= 0.6 is 0 Å². The van der Waals surface area contributed by atoms with E-state index in [-0.39, 0.29) is 23.8 Å². The fraction of sp³-hybridized carbons (Fsp3) is 0.463. The molecule has 0 bridgehead atoms. The summed E-state index contributed by atoms with van der Waals surface area (Å²) >= 11 is 0. The summed E-state index contributed by atoms with van der Waals surface area (Å²) in [5.41, 5.74) is 0.517. The molecule has 0 fully saturated rings. The molecule has 0 aliphatic heterocycles. The zero-order valence-electron chi connectivity index (χ0n) is 30.1. The summed E-state index contributed by atoms with van der Waals surface area (Å²) in [4.78, 5) is 26.4. The number of carbonyl (C=O) groups is 2. The van der Waals surface area contributed by atoms with Gasteiger partial charge in [-0.05, 0) is 79.6 Å². The molecule has 2 aromatic carbocycles. The molecule has 5 nitrogen and oxygen atoms in total. The molecule has 0 amide bonds. The van der Waals surface area contributed by atoms with Crippen LogP contribution in [0, 0.1) is 17.3 Å². The normalized spacial score (nSPS) is 14.2. The highest BCUT2D eigenvalue weighted by Crippen LogP contribution is 2.39. The molecule has 2 aromatic rings. The van der Waals surface area contributed by atoms with Gasteiger partial charge in [-0.3, -0.25) is 9.59 Å². The van der Waals surface area contributed by atoms with Crippen LogP contribution in [0.25, 0.3) is 0 Å². The zero-order valence-corrected chi connectivity index (χ0v) is 31.1. The zero-order chi connectivity index (χ0) is 35.1. The van der Waals surface area contributed by atoms with Crippen molar-refractivity contribution >= 4 is 30.6 Å². The SMILES string of the molecule is C=C/C=C(/C)CC(C/C=C(/C)[C@@H](CCCO[Si](c1ccccc1)(c1ccccc1)C(C)(C)C)[C@H](C)CCC=C)(C(=O)OC)C(=O)OC. The second kappa shape index (κ2) is 18.8. The summed E-state index contributed by atoms with van der Waals surface area (Å²) < 4.78 is 17.6. The van der Waals surface area contributed by atoms with E-state index in [1.165, 1.54) is 24.6 Å². The molecular weight excluding hydrogens is 601 g/mol. The van der Waals surface area contributed by atoms with Crippen LogP contribution in [0.1, 0.15) is 80.1 Å². The van der Waals surface area contributed by atoms with Crippen molar-refractivity contribution in [2.45, 2.75) is 85.1 Å². The fourth-order valence-corrected chi connectivity index (χ4v) is 11.5. The maximum Gasteiger partial charge on any atom is 0.323 e. The lowest BCUT2D eigenvalue weighted by atomic mass is 9.76. The molecule has 0 unspecified atom stereocenters. The Kier molecular flexibility index (Phi) is 15.8. The molecule has 0 radical (unpaired) electrons. The highest BCUT2D eigenvalue weighted by Gasteiger charge is 2.50. The van der Waals surface area contributed by atoms with Gasteiger partial charge >= 0.3 is 11.9 Å². The number of esters is 2. The van der Waals surface area contributed by atoms with Crippen LogP contribution in [0.5, 0.6) is 0 Å². The molecule has 2 rings (SSSR count). The van der Waals surface area contributed by atoms with Gasteiger partial charge in [0.15, 0.2) is 5.41 Å². The molecule has 256 valence electrons. The second-order valence-electron chi connectivity index (χ2n) is 13.7. The molecule has 0 saturated carbocycles. The van der Waals surface area contributed by atoms with Crippen molar-refractivity contribution in [3.63, 3.8) is 0 Å². The Hall–Kier alpha value is -3.48. The van der Waals surface area contributed by atoms with Gasteiger partial charge < -0.3 is 13.9 Å². The molecule has 0 spiro atoms. The quantitative estimate of drug-likeness (QED) is 0.0377. The van der Waals surface area contributed by atoms with Gasteiger partial charge in [0.1, 0.15) is 0 Å². The Balaban J connectivity index is 2.44. The van der Waals surface area contributed by atoms with Crippen LogP contribution in [0.15, 0.2) is 109 Å². The van der Waals surface area contributed by atoms with Crippen LogP contribution in [0.4, 0.5) is 0 Å². The summed E-state index contributed by atoms with van der Waals surface area (Å²) in [5, 5.41) is 2.45. The highest BCUT2D eigenvalue weighted by molar-refractivity contribution is 6.99. The predicted octanol–water partition coefficient (Wildman–Crippen LogP) is 8.75. The highest BCUT2D eigenvalue weighted by atomic mass is 28.4. The van der Waals surface area contributed by atoms with Gasteiger partial charge in [-0.1, -0.05) is 130 Å². The first-order chi connectivity index (χ1) is 22.3. The third-order valence-corrected chi connectivity index (χ3v) is 14.4. The van der Waals surface area contributed by atoms with Crippen molar-refractivity contribution in [3.05, 3.63) is 109 Å². The molecule has 0 N–H and O–H groups in total. The molecule has 0 aliphatic rings. The van der Waals surface area contributed by atoms with E-state index >= 15 is 0 Å². The first-order valence-electron chi connectivity index (χ1n) is 16.8. The number of rotatable bonds is 19. The minimum atomic E-state index is -2.64. The molecule has 0 aromatic heterocycles. The minimum absolute atomic E-state index is 0.0918. The molecule has 2 atom stereocenters. The largest absolute Gasteiger partial charge is 0.468 e. The molecule has 0 aliphatic carbocycles. The van der Waals surface area contributed by atoms with Crippen molar-refractivity contribution in [2.75, 3.05) is 20.8 Å². The number of carbonyl (C=O) groups excluding carboxylic acids is 2. The van der Waals surface area contributed by atoms with Crippen molar-refractivity contribution in [2.24, 2.45) is 17.3 Å². The van der Waals surface area contributed by atoms with Gasteiger partial charge in [0.2, 0.25) is 0 Å². The average molecular weight is 659 g/mol. The summed E-state index contributed by atoms with van der Waals surface area (Å²) in [6.45, 7) is 21.5. The summed E-state index contributed by atoms with van der Waals surface area (Å²) in [6.07, 6.45) is 11.6. The number of methoxy groups -OCH3 is 2. The van der Waals surface area contributed by atoms with Gasteiger partial charge in [-0.25, -0.2) is 0 Å². The third-order valence-electron chi connectivity index (χ3n) is 9.40. The predicted molar refractivity (Wildman–Crippen MR) is 198 cm³/mol. The number of hydrogen-bond donors (Lipinski definition) is 0. The summed E-state index contributed by atoms with van der Waals surface area (Å²) in [7, 11) is -0.00686. The lowest BCUT2D eigenvalue weighted by Crippen LogP contribution is -2.66. The summed E-state index contributed by atoms with van der Waals surface area (Å²) in [6, 6.07) is 21.4. The monoisotopic (exact) mass is 658 g/mol. The van der Waals surface area contributed by atoms with Crippen LogP contribution in [0.2, 0.25) is 5.04 Å². The van der Waals surface area contributed by atoms with Gasteiger partial charge in [0.05, 0.1) is 14.2 Å². The maximum atomic E-state index is 13.2. The van der Waals surface area contributed by atoms with E-state index in [1.54, 1.807) is 6.08 Å². The van der Waals surface area contributed by atoms with Crippen molar-refractivity contribution in [3.8, 4) is 0 Å². The van der Waals surface area contributed by atoms with E-state index in [9.17, 15) is 9.59 Å². The number of allylic oxidation sites excluding steroid dienone is 6. The van der Waals surface area contributed by atoms with E-state index in [1.807, 2.05) is 25.2 Å². The number of hydrogen-bond acceptors (Lipinski definition) is 5. The smallest absolute Gasteiger partial charge is 0.323 e. The lowest BCUT2D eigenvalue weighted by Gasteiger charge is -2.43.